The quantitative estimate of drug-likeness (QED) is 0.750. The first-order valence-electron chi connectivity index (χ1n) is 3.22. The molecule has 10 heavy (non-hydrogen) atoms. The molecule has 0 aromatic rings. The molecule has 0 fully saturated rings. The summed E-state index contributed by atoms with van der Waals surface area (Å²) in [5.74, 6) is 0. The van der Waals surface area contributed by atoms with Gasteiger partial charge in [0.2, 0.25) is 0 Å². The summed E-state index contributed by atoms with van der Waals surface area (Å²) in [6.07, 6.45) is 0. The first kappa shape index (κ1) is 10.1. The molecule has 60 valence electrons. The molecule has 2 nitrogen and oxygen atoms in total. The van der Waals surface area contributed by atoms with E-state index in [2.05, 4.69) is 22.5 Å². The van der Waals surface area contributed by atoms with Crippen molar-refractivity contribution >= 4 is 15.9 Å². The van der Waals surface area contributed by atoms with Crippen LogP contribution in [0.2, 0.25) is 0 Å². The second kappa shape index (κ2) is 4.88. The molecule has 1 unspecified atom stereocenters. The third-order valence-corrected chi connectivity index (χ3v) is 1.69. The van der Waals surface area contributed by atoms with Gasteiger partial charge in [-0.15, -0.1) is 0 Å². The molecule has 0 amide bonds. The smallest absolute Gasteiger partial charge is 0.0584 e. The van der Waals surface area contributed by atoms with E-state index in [1.54, 1.807) is 0 Å². The van der Waals surface area contributed by atoms with Crippen molar-refractivity contribution in [2.75, 3.05) is 20.2 Å². The van der Waals surface area contributed by atoms with E-state index in [1.165, 1.54) is 0 Å². The average molecular weight is 208 g/mol. The first-order valence-corrected chi connectivity index (χ1v) is 4.01. The summed E-state index contributed by atoms with van der Waals surface area (Å²) in [5, 5.41) is 8.73. The van der Waals surface area contributed by atoms with E-state index in [-0.39, 0.29) is 12.6 Å². The van der Waals surface area contributed by atoms with Crippen LogP contribution >= 0.6 is 15.9 Å². The van der Waals surface area contributed by atoms with E-state index in [9.17, 15) is 0 Å². The molecule has 0 saturated carbocycles. The highest BCUT2D eigenvalue weighted by Gasteiger charge is 2.06. The Morgan fingerprint density at radius 3 is 2.60 bits per heavy atom. The highest BCUT2D eigenvalue weighted by molar-refractivity contribution is 9.11. The van der Waals surface area contributed by atoms with Gasteiger partial charge in [-0.25, -0.2) is 0 Å². The lowest BCUT2D eigenvalue weighted by atomic mass is 10.3. The second-order valence-electron chi connectivity index (χ2n) is 2.46. The van der Waals surface area contributed by atoms with E-state index >= 15 is 0 Å². The van der Waals surface area contributed by atoms with Crippen molar-refractivity contribution in [3.05, 3.63) is 11.1 Å². The zero-order chi connectivity index (χ0) is 8.15. The summed E-state index contributed by atoms with van der Waals surface area (Å²) >= 11 is 3.25. The Hall–Kier alpha value is 0.140. The molecule has 0 bridgehead atoms. The maximum atomic E-state index is 8.73. The fourth-order valence-electron chi connectivity index (χ4n) is 0.566. The Morgan fingerprint density at radius 2 is 2.30 bits per heavy atom. The standard InChI is InChI=1S/C7H14BrNO/c1-6(8)4-9(3)7(2)5-10/h7,10H,1,4-5H2,2-3H3. The van der Waals surface area contributed by atoms with Gasteiger partial charge in [0.05, 0.1) is 6.61 Å². The van der Waals surface area contributed by atoms with Crippen molar-refractivity contribution in [1.29, 1.82) is 0 Å². The van der Waals surface area contributed by atoms with Gasteiger partial charge in [0, 0.05) is 17.1 Å². The van der Waals surface area contributed by atoms with Crippen LogP contribution in [0.1, 0.15) is 6.92 Å². The van der Waals surface area contributed by atoms with Crippen LogP contribution in [0, 0.1) is 0 Å². The van der Waals surface area contributed by atoms with Crippen LogP contribution in [0.25, 0.3) is 0 Å². The van der Waals surface area contributed by atoms with Gasteiger partial charge in [0.25, 0.3) is 0 Å². The predicted molar refractivity (Wildman–Crippen MR) is 47.2 cm³/mol. The van der Waals surface area contributed by atoms with Gasteiger partial charge in [-0.2, -0.15) is 0 Å². The zero-order valence-corrected chi connectivity index (χ0v) is 8.06. The molecule has 1 N–H and O–H groups in total. The van der Waals surface area contributed by atoms with Gasteiger partial charge in [0.1, 0.15) is 0 Å². The van der Waals surface area contributed by atoms with Crippen LogP contribution < -0.4 is 0 Å². The largest absolute Gasteiger partial charge is 0.395 e. The van der Waals surface area contributed by atoms with Crippen molar-refractivity contribution in [3.63, 3.8) is 0 Å². The Morgan fingerprint density at radius 1 is 1.80 bits per heavy atom. The van der Waals surface area contributed by atoms with Crippen molar-refractivity contribution in [2.24, 2.45) is 0 Å². The van der Waals surface area contributed by atoms with Gasteiger partial charge in [-0.3, -0.25) is 4.90 Å². The van der Waals surface area contributed by atoms with Gasteiger partial charge < -0.3 is 5.11 Å². The van der Waals surface area contributed by atoms with E-state index in [0.29, 0.717) is 0 Å². The van der Waals surface area contributed by atoms with Crippen molar-refractivity contribution in [1.82, 2.24) is 4.90 Å². The van der Waals surface area contributed by atoms with Crippen LogP contribution in [0.4, 0.5) is 0 Å². The minimum Gasteiger partial charge on any atom is -0.395 e. The maximum absolute atomic E-state index is 8.73. The van der Waals surface area contributed by atoms with E-state index in [0.717, 1.165) is 11.0 Å². The molecule has 3 heteroatoms. The molecule has 0 aliphatic rings. The van der Waals surface area contributed by atoms with Crippen LogP contribution in [-0.2, 0) is 0 Å². The second-order valence-corrected chi connectivity index (χ2v) is 3.59. The van der Waals surface area contributed by atoms with Gasteiger partial charge in [-0.1, -0.05) is 22.5 Å². The zero-order valence-electron chi connectivity index (χ0n) is 6.47. The molecule has 0 heterocycles. The Bertz CT molecular complexity index is 116. The number of hydrogen-bond donors (Lipinski definition) is 1. The molecule has 0 saturated heterocycles. The number of rotatable bonds is 4. The highest BCUT2D eigenvalue weighted by atomic mass is 79.9. The molecule has 0 aromatic heterocycles. The number of nitrogens with zero attached hydrogens (tertiary/aromatic N) is 1. The van der Waals surface area contributed by atoms with Crippen molar-refractivity contribution in [3.8, 4) is 0 Å². The van der Waals surface area contributed by atoms with E-state index in [1.807, 2.05) is 18.9 Å². The molecule has 1 atom stereocenters. The molecular formula is C7H14BrNO. The van der Waals surface area contributed by atoms with Gasteiger partial charge in [0.15, 0.2) is 0 Å². The lowest BCUT2D eigenvalue weighted by Gasteiger charge is -2.21. The molecule has 0 spiro atoms. The third kappa shape index (κ3) is 4.04. The monoisotopic (exact) mass is 207 g/mol. The summed E-state index contributed by atoms with van der Waals surface area (Å²) in [5.41, 5.74) is 0. The fraction of sp³-hybridized carbons (Fsp3) is 0.714. The van der Waals surface area contributed by atoms with Crippen LogP contribution in [0.3, 0.4) is 0 Å². The number of likely N-dealkylation sites (N-methyl/N-ethyl adjacent to an activating group) is 1. The first-order chi connectivity index (χ1) is 4.57. The summed E-state index contributed by atoms with van der Waals surface area (Å²) in [4.78, 5) is 2.02. The number of aliphatic hydroxyl groups excluding tert-OH is 1. The van der Waals surface area contributed by atoms with E-state index in [4.69, 9.17) is 5.11 Å². The van der Waals surface area contributed by atoms with Crippen LogP contribution in [0.5, 0.6) is 0 Å². The minimum absolute atomic E-state index is 0.191. The topological polar surface area (TPSA) is 23.5 Å². The molecule has 0 aliphatic carbocycles. The lowest BCUT2D eigenvalue weighted by Crippen LogP contribution is -2.32. The van der Waals surface area contributed by atoms with Crippen molar-refractivity contribution in [2.45, 2.75) is 13.0 Å². The van der Waals surface area contributed by atoms with Gasteiger partial charge in [-0.05, 0) is 14.0 Å². The summed E-state index contributed by atoms with van der Waals surface area (Å²) in [7, 11) is 1.95. The molecule has 0 aliphatic heterocycles. The van der Waals surface area contributed by atoms with Gasteiger partial charge >= 0.3 is 0 Å². The number of hydrogen-bond acceptors (Lipinski definition) is 2. The summed E-state index contributed by atoms with van der Waals surface area (Å²) < 4.78 is 0.940. The normalized spacial score (nSPS) is 13.7. The molecular weight excluding hydrogens is 194 g/mol. The van der Waals surface area contributed by atoms with E-state index < -0.39 is 0 Å². The van der Waals surface area contributed by atoms with Crippen molar-refractivity contribution < 1.29 is 5.11 Å². The SMILES string of the molecule is C=C(Br)CN(C)C(C)CO. The summed E-state index contributed by atoms with van der Waals surface area (Å²) in [6, 6.07) is 0.203. The Labute approximate surface area is 70.7 Å². The summed E-state index contributed by atoms with van der Waals surface area (Å²) in [6.45, 7) is 6.64. The van der Waals surface area contributed by atoms with Crippen LogP contribution in [0.15, 0.2) is 11.1 Å². The highest BCUT2D eigenvalue weighted by Crippen LogP contribution is 2.04. The minimum atomic E-state index is 0.191. The maximum Gasteiger partial charge on any atom is 0.0584 e. The molecule has 0 aromatic carbocycles. The predicted octanol–water partition coefficient (Wildman–Crippen LogP) is 1.21. The third-order valence-electron chi connectivity index (χ3n) is 1.44. The lowest BCUT2D eigenvalue weighted by molar-refractivity contribution is 0.169. The Balaban J connectivity index is 3.61. The molecule has 0 radical (unpaired) electrons. The number of halogens is 1. The van der Waals surface area contributed by atoms with Crippen LogP contribution in [-0.4, -0.2) is 36.2 Å². The Kier molecular flexibility index (Phi) is 4.95. The average Bonchev–Trinajstić information content (AvgIpc) is 1.85. The molecule has 0 rings (SSSR count). The number of aliphatic hydroxyl groups is 1. The fourth-order valence-corrected chi connectivity index (χ4v) is 0.961.